The molecule has 132 valence electrons. The molecule has 0 atom stereocenters. The molecule has 1 aromatic carbocycles. The Morgan fingerprint density at radius 3 is 2.36 bits per heavy atom. The van der Waals surface area contributed by atoms with Crippen molar-refractivity contribution in [1.82, 2.24) is 5.32 Å². The Balaban J connectivity index is 3.21. The molecule has 0 unspecified atom stereocenters. The van der Waals surface area contributed by atoms with Crippen molar-refractivity contribution in [3.8, 4) is 5.75 Å². The summed E-state index contributed by atoms with van der Waals surface area (Å²) in [6.07, 6.45) is 4.88. The Hall–Kier alpha value is -3.28. The van der Waals surface area contributed by atoms with Crippen LogP contribution in [-0.4, -0.2) is 25.3 Å². The van der Waals surface area contributed by atoms with Crippen LogP contribution in [0.1, 0.15) is 12.5 Å². The van der Waals surface area contributed by atoms with Crippen molar-refractivity contribution in [3.63, 3.8) is 0 Å². The number of hydrogen-bond donors (Lipinski definition) is 3. The van der Waals surface area contributed by atoms with Gasteiger partial charge in [0.1, 0.15) is 22.9 Å². The van der Waals surface area contributed by atoms with Gasteiger partial charge in [-0.05, 0) is 48.9 Å². The number of primary amides is 1. The largest absolute Gasteiger partial charge is 0.457 e. The summed E-state index contributed by atoms with van der Waals surface area (Å²) in [6, 6.07) is 6.94. The first-order valence-electron chi connectivity index (χ1n) is 7.72. The van der Waals surface area contributed by atoms with Crippen molar-refractivity contribution >= 4 is 17.4 Å². The lowest BCUT2D eigenvalue weighted by Crippen LogP contribution is -2.33. The fourth-order valence-corrected chi connectivity index (χ4v) is 2.07. The van der Waals surface area contributed by atoms with Crippen LogP contribution < -0.4 is 21.5 Å². The Morgan fingerprint density at radius 2 is 1.92 bits per heavy atom. The molecular weight excluding hydrogens is 316 g/mol. The summed E-state index contributed by atoms with van der Waals surface area (Å²) >= 11 is 0. The van der Waals surface area contributed by atoms with Crippen LogP contribution >= 0.6 is 0 Å². The number of amidine groups is 1. The number of allylic oxidation sites excluding steroid dienone is 3. The molecule has 1 aromatic rings. The van der Waals surface area contributed by atoms with Gasteiger partial charge in [-0.3, -0.25) is 9.79 Å². The van der Waals surface area contributed by atoms with Crippen LogP contribution in [-0.2, 0) is 4.79 Å². The number of carbonyl (C=O) groups excluding carboxylic acids is 1. The average Bonchev–Trinajstić information content (AvgIpc) is 2.60. The number of carbonyl (C=O) groups is 1. The topological polar surface area (TPSA) is 103 Å². The summed E-state index contributed by atoms with van der Waals surface area (Å²) in [6.45, 7) is 9.76. The summed E-state index contributed by atoms with van der Waals surface area (Å²) in [5.41, 5.74) is 12.7. The van der Waals surface area contributed by atoms with Gasteiger partial charge in [0.15, 0.2) is 0 Å². The van der Waals surface area contributed by atoms with Crippen LogP contribution in [0.15, 0.2) is 72.0 Å². The van der Waals surface area contributed by atoms with E-state index < -0.39 is 5.91 Å². The number of likely N-dealkylation sites (N-methyl/N-ethyl adjacent to an activating group) is 1. The quantitative estimate of drug-likeness (QED) is 0.222. The second kappa shape index (κ2) is 9.77. The predicted molar refractivity (Wildman–Crippen MR) is 103 cm³/mol. The normalized spacial score (nSPS) is 12.9. The molecular formula is C19H24N4O2. The van der Waals surface area contributed by atoms with E-state index in [1.165, 1.54) is 0 Å². The van der Waals surface area contributed by atoms with Gasteiger partial charge in [0.25, 0.3) is 5.91 Å². The van der Waals surface area contributed by atoms with Gasteiger partial charge in [-0.25, -0.2) is 0 Å². The highest BCUT2D eigenvalue weighted by molar-refractivity contribution is 6.24. The second-order valence-electron chi connectivity index (χ2n) is 4.89. The molecule has 6 nitrogen and oxygen atoms in total. The van der Waals surface area contributed by atoms with Gasteiger partial charge in [0, 0.05) is 13.6 Å². The number of hydrogen-bond acceptors (Lipinski definition) is 4. The fraction of sp³-hybridized carbons (Fsp3) is 0.158. The third-order valence-corrected chi connectivity index (χ3v) is 3.20. The number of aliphatic imine (C=N–C) groups is 1. The smallest absolute Gasteiger partial charge is 0.254 e. The highest BCUT2D eigenvalue weighted by atomic mass is 16.5. The lowest BCUT2D eigenvalue weighted by molar-refractivity contribution is -0.114. The molecule has 0 aliphatic rings. The lowest BCUT2D eigenvalue weighted by Gasteiger charge is -2.13. The Labute approximate surface area is 148 Å². The van der Waals surface area contributed by atoms with Gasteiger partial charge >= 0.3 is 0 Å². The van der Waals surface area contributed by atoms with E-state index in [1.54, 1.807) is 49.5 Å². The first-order chi connectivity index (χ1) is 12.0. The third kappa shape index (κ3) is 5.39. The highest BCUT2D eigenvalue weighted by Crippen LogP contribution is 2.20. The molecule has 25 heavy (non-hydrogen) atoms. The molecule has 0 spiro atoms. The van der Waals surface area contributed by atoms with Crippen molar-refractivity contribution in [2.75, 3.05) is 13.6 Å². The third-order valence-electron chi connectivity index (χ3n) is 3.20. The van der Waals surface area contributed by atoms with Crippen LogP contribution in [0.4, 0.5) is 0 Å². The molecule has 0 aliphatic heterocycles. The maximum atomic E-state index is 11.8. The number of ether oxygens (including phenoxy) is 1. The summed E-state index contributed by atoms with van der Waals surface area (Å²) in [5.74, 6) is 0.871. The van der Waals surface area contributed by atoms with E-state index in [-0.39, 0.29) is 11.3 Å². The van der Waals surface area contributed by atoms with E-state index in [0.717, 1.165) is 0 Å². The predicted octanol–water partition coefficient (Wildman–Crippen LogP) is 2.11. The zero-order valence-corrected chi connectivity index (χ0v) is 14.6. The van der Waals surface area contributed by atoms with Crippen LogP contribution in [0, 0.1) is 0 Å². The lowest BCUT2D eigenvalue weighted by atomic mass is 10.0. The number of nitrogens with two attached hydrogens (primary N) is 2. The Kier molecular flexibility index (Phi) is 7.72. The van der Waals surface area contributed by atoms with E-state index in [2.05, 4.69) is 23.5 Å². The Bertz CT molecular complexity index is 728. The fourth-order valence-electron chi connectivity index (χ4n) is 2.07. The van der Waals surface area contributed by atoms with Gasteiger partial charge < -0.3 is 21.5 Å². The molecule has 0 heterocycles. The number of amides is 1. The van der Waals surface area contributed by atoms with Gasteiger partial charge in [-0.1, -0.05) is 19.2 Å². The molecule has 0 saturated heterocycles. The monoisotopic (exact) mass is 340 g/mol. The first-order valence-corrected chi connectivity index (χ1v) is 7.72. The first kappa shape index (κ1) is 19.8. The minimum Gasteiger partial charge on any atom is -0.457 e. The summed E-state index contributed by atoms with van der Waals surface area (Å²) in [4.78, 5) is 15.9. The number of rotatable bonds is 8. The van der Waals surface area contributed by atoms with Crippen molar-refractivity contribution < 1.29 is 9.53 Å². The summed E-state index contributed by atoms with van der Waals surface area (Å²) in [7, 11) is 1.56. The van der Waals surface area contributed by atoms with E-state index >= 15 is 0 Å². The summed E-state index contributed by atoms with van der Waals surface area (Å²) in [5, 5.41) is 2.98. The molecule has 6 heteroatoms. The van der Waals surface area contributed by atoms with Gasteiger partial charge in [-0.15, -0.1) is 0 Å². The molecule has 1 amide bonds. The molecule has 0 aliphatic carbocycles. The molecule has 0 saturated carbocycles. The molecule has 1 rings (SSSR count). The summed E-state index contributed by atoms with van der Waals surface area (Å²) < 4.78 is 5.64. The van der Waals surface area contributed by atoms with Crippen molar-refractivity contribution in [2.24, 2.45) is 16.5 Å². The van der Waals surface area contributed by atoms with E-state index in [0.29, 0.717) is 29.5 Å². The van der Waals surface area contributed by atoms with Crippen LogP contribution in [0.25, 0.3) is 5.70 Å². The molecule has 0 radical (unpaired) electrons. The maximum absolute atomic E-state index is 11.8. The molecule has 0 fully saturated rings. The maximum Gasteiger partial charge on any atom is 0.254 e. The van der Waals surface area contributed by atoms with E-state index in [1.807, 2.05) is 6.92 Å². The number of benzene rings is 1. The minimum absolute atomic E-state index is 0.149. The van der Waals surface area contributed by atoms with Crippen molar-refractivity contribution in [3.05, 3.63) is 72.5 Å². The number of nitrogens with one attached hydrogen (secondary N) is 1. The Morgan fingerprint density at radius 1 is 1.28 bits per heavy atom. The molecule has 0 bridgehead atoms. The van der Waals surface area contributed by atoms with Gasteiger partial charge in [0.05, 0.1) is 5.70 Å². The number of nitrogens with zero attached hydrogens (tertiary/aromatic N) is 1. The standard InChI is InChI=1S/C19H24N4O2/c1-5-8-14(6-2)25-15-11-9-13(10-12-15)17(20)16(18(21)24)19(22-4)23-7-3/h5-6,8-12H,1-2,7,20H2,3-4H3,(H2,21,24)(H,22,23)/b14-8+,17-16-. The van der Waals surface area contributed by atoms with E-state index in [9.17, 15) is 4.79 Å². The van der Waals surface area contributed by atoms with Crippen LogP contribution in [0.2, 0.25) is 0 Å². The SMILES string of the molecule is C=C/C=C(\C=C)Oc1ccc(/C(N)=C(\C(N)=O)C(=NC)NCC)cc1. The second-order valence-corrected chi connectivity index (χ2v) is 4.89. The van der Waals surface area contributed by atoms with Crippen LogP contribution in [0.3, 0.4) is 0 Å². The zero-order chi connectivity index (χ0) is 18.8. The van der Waals surface area contributed by atoms with Crippen LogP contribution in [0.5, 0.6) is 5.75 Å². The van der Waals surface area contributed by atoms with Gasteiger partial charge in [0.2, 0.25) is 0 Å². The van der Waals surface area contributed by atoms with Crippen molar-refractivity contribution in [2.45, 2.75) is 6.92 Å². The highest BCUT2D eigenvalue weighted by Gasteiger charge is 2.17. The average molecular weight is 340 g/mol. The zero-order valence-electron chi connectivity index (χ0n) is 14.6. The van der Waals surface area contributed by atoms with E-state index in [4.69, 9.17) is 16.2 Å². The molecule has 0 aromatic heterocycles. The molecule has 5 N–H and O–H groups in total. The van der Waals surface area contributed by atoms with Gasteiger partial charge in [-0.2, -0.15) is 0 Å². The van der Waals surface area contributed by atoms with Crippen molar-refractivity contribution in [1.29, 1.82) is 0 Å². The minimum atomic E-state index is -0.651.